The van der Waals surface area contributed by atoms with E-state index in [1.54, 1.807) is 12.5 Å². The molecule has 2 nitrogen and oxygen atoms in total. The molecule has 0 aliphatic heterocycles. The molecule has 0 aliphatic carbocycles. The standard InChI is InChI=1S/C12H12O2S/c1-2-10-4-6-15-12(10)11(13)7-9-3-5-14-8-9/h3-6,8H,2,7H2,1H3. The molecule has 0 saturated carbocycles. The molecule has 0 aliphatic rings. The van der Waals surface area contributed by atoms with Crippen LogP contribution in [0.25, 0.3) is 0 Å². The maximum absolute atomic E-state index is 11.9. The van der Waals surface area contributed by atoms with E-state index in [4.69, 9.17) is 4.42 Å². The summed E-state index contributed by atoms with van der Waals surface area (Å²) in [4.78, 5) is 12.8. The quantitative estimate of drug-likeness (QED) is 0.740. The maximum Gasteiger partial charge on any atom is 0.177 e. The van der Waals surface area contributed by atoms with Crippen LogP contribution < -0.4 is 0 Å². The predicted octanol–water partition coefficient (Wildman–Crippen LogP) is 3.33. The Labute approximate surface area is 92.5 Å². The SMILES string of the molecule is CCc1ccsc1C(=O)Cc1ccoc1. The lowest BCUT2D eigenvalue weighted by molar-refractivity contribution is 0.0996. The third-order valence-electron chi connectivity index (χ3n) is 2.33. The summed E-state index contributed by atoms with van der Waals surface area (Å²) in [6.07, 6.45) is 4.56. The molecule has 0 saturated heterocycles. The first kappa shape index (κ1) is 10.2. The molecular formula is C12H12O2S. The van der Waals surface area contributed by atoms with Gasteiger partial charge in [0.2, 0.25) is 0 Å². The summed E-state index contributed by atoms with van der Waals surface area (Å²) in [5, 5.41) is 1.97. The van der Waals surface area contributed by atoms with Crippen molar-refractivity contribution in [1.82, 2.24) is 0 Å². The molecule has 0 unspecified atom stereocenters. The summed E-state index contributed by atoms with van der Waals surface area (Å²) in [5.74, 6) is 0.184. The highest BCUT2D eigenvalue weighted by molar-refractivity contribution is 7.12. The number of ketones is 1. The number of thiophene rings is 1. The second-order valence-corrected chi connectivity index (χ2v) is 4.28. The number of rotatable bonds is 4. The number of aryl methyl sites for hydroxylation is 1. The molecule has 0 amide bonds. The van der Waals surface area contributed by atoms with E-state index in [0.29, 0.717) is 6.42 Å². The molecule has 2 heterocycles. The van der Waals surface area contributed by atoms with Crippen LogP contribution in [0.1, 0.15) is 27.7 Å². The second kappa shape index (κ2) is 4.45. The Morgan fingerprint density at radius 1 is 1.47 bits per heavy atom. The fourth-order valence-corrected chi connectivity index (χ4v) is 2.45. The molecule has 0 radical (unpaired) electrons. The van der Waals surface area contributed by atoms with Crippen LogP contribution in [0.3, 0.4) is 0 Å². The molecular weight excluding hydrogens is 208 g/mol. The van der Waals surface area contributed by atoms with Gasteiger partial charge in [-0.2, -0.15) is 0 Å². The Morgan fingerprint density at radius 3 is 3.00 bits per heavy atom. The molecule has 78 valence electrons. The average Bonchev–Trinajstić information content (AvgIpc) is 2.86. The minimum absolute atomic E-state index is 0.184. The van der Waals surface area contributed by atoms with Gasteiger partial charge in [-0.25, -0.2) is 0 Å². The topological polar surface area (TPSA) is 30.2 Å². The number of Topliss-reactive ketones (excluding diaryl/α,β-unsaturated/α-hetero) is 1. The van der Waals surface area contributed by atoms with Crippen molar-refractivity contribution in [3.05, 3.63) is 46.0 Å². The zero-order chi connectivity index (χ0) is 10.7. The lowest BCUT2D eigenvalue weighted by Gasteiger charge is -1.98. The van der Waals surface area contributed by atoms with Crippen molar-refractivity contribution in [2.45, 2.75) is 19.8 Å². The van der Waals surface area contributed by atoms with Crippen LogP contribution in [0.2, 0.25) is 0 Å². The fraction of sp³-hybridized carbons (Fsp3) is 0.250. The predicted molar refractivity (Wildman–Crippen MR) is 60.4 cm³/mol. The molecule has 15 heavy (non-hydrogen) atoms. The van der Waals surface area contributed by atoms with E-state index in [0.717, 1.165) is 22.4 Å². The molecule has 0 N–H and O–H groups in total. The van der Waals surface area contributed by atoms with Crippen molar-refractivity contribution < 1.29 is 9.21 Å². The second-order valence-electron chi connectivity index (χ2n) is 3.36. The summed E-state index contributed by atoms with van der Waals surface area (Å²) >= 11 is 1.52. The van der Waals surface area contributed by atoms with Crippen molar-refractivity contribution in [3.8, 4) is 0 Å². The number of furan rings is 1. The number of carbonyl (C=O) groups is 1. The van der Waals surface area contributed by atoms with Crippen molar-refractivity contribution in [2.24, 2.45) is 0 Å². The van der Waals surface area contributed by atoms with E-state index in [1.807, 2.05) is 17.5 Å². The molecule has 2 aromatic heterocycles. The lowest BCUT2D eigenvalue weighted by Crippen LogP contribution is -2.02. The minimum atomic E-state index is 0.184. The van der Waals surface area contributed by atoms with Gasteiger partial charge in [0.15, 0.2) is 5.78 Å². The summed E-state index contributed by atoms with van der Waals surface area (Å²) < 4.78 is 4.94. The van der Waals surface area contributed by atoms with Crippen molar-refractivity contribution in [3.63, 3.8) is 0 Å². The van der Waals surface area contributed by atoms with E-state index < -0.39 is 0 Å². The van der Waals surface area contributed by atoms with E-state index in [-0.39, 0.29) is 5.78 Å². The monoisotopic (exact) mass is 220 g/mol. The van der Waals surface area contributed by atoms with Gasteiger partial charge in [0.25, 0.3) is 0 Å². The third kappa shape index (κ3) is 2.18. The molecule has 2 aromatic rings. The summed E-state index contributed by atoms with van der Waals surface area (Å²) in [6, 6.07) is 3.85. The summed E-state index contributed by atoms with van der Waals surface area (Å²) in [6.45, 7) is 2.07. The van der Waals surface area contributed by atoms with Gasteiger partial charge in [-0.05, 0) is 35.1 Å². The molecule has 0 bridgehead atoms. The minimum Gasteiger partial charge on any atom is -0.472 e. The van der Waals surface area contributed by atoms with Crippen molar-refractivity contribution >= 4 is 17.1 Å². The first-order chi connectivity index (χ1) is 7.31. The Kier molecular flexibility index (Phi) is 3.02. The molecule has 3 heteroatoms. The lowest BCUT2D eigenvalue weighted by atomic mass is 10.1. The highest BCUT2D eigenvalue weighted by Gasteiger charge is 2.12. The van der Waals surface area contributed by atoms with Crippen LogP contribution in [-0.2, 0) is 12.8 Å². The number of carbonyl (C=O) groups excluding carboxylic acids is 1. The Morgan fingerprint density at radius 2 is 2.33 bits per heavy atom. The number of hydrogen-bond acceptors (Lipinski definition) is 3. The van der Waals surface area contributed by atoms with Crippen LogP contribution in [0.15, 0.2) is 34.5 Å². The fourth-order valence-electron chi connectivity index (χ4n) is 1.52. The first-order valence-electron chi connectivity index (χ1n) is 4.92. The molecule has 0 spiro atoms. The Hall–Kier alpha value is -1.35. The Bertz CT molecular complexity index is 440. The van der Waals surface area contributed by atoms with Crippen molar-refractivity contribution in [2.75, 3.05) is 0 Å². The molecule has 2 rings (SSSR count). The van der Waals surface area contributed by atoms with Gasteiger partial charge in [0.05, 0.1) is 17.4 Å². The van der Waals surface area contributed by atoms with Crippen LogP contribution in [0.5, 0.6) is 0 Å². The summed E-state index contributed by atoms with van der Waals surface area (Å²) in [5.41, 5.74) is 2.09. The van der Waals surface area contributed by atoms with Gasteiger partial charge in [-0.3, -0.25) is 4.79 Å². The van der Waals surface area contributed by atoms with Gasteiger partial charge in [-0.15, -0.1) is 11.3 Å². The van der Waals surface area contributed by atoms with Gasteiger partial charge in [-0.1, -0.05) is 6.92 Å². The highest BCUT2D eigenvalue weighted by Crippen LogP contribution is 2.19. The van der Waals surface area contributed by atoms with Gasteiger partial charge in [0, 0.05) is 6.42 Å². The highest BCUT2D eigenvalue weighted by atomic mass is 32.1. The van der Waals surface area contributed by atoms with Gasteiger partial charge >= 0.3 is 0 Å². The van der Waals surface area contributed by atoms with E-state index in [9.17, 15) is 4.79 Å². The van der Waals surface area contributed by atoms with Crippen molar-refractivity contribution in [1.29, 1.82) is 0 Å². The van der Waals surface area contributed by atoms with E-state index in [1.165, 1.54) is 11.3 Å². The molecule has 0 fully saturated rings. The van der Waals surface area contributed by atoms with Crippen LogP contribution >= 0.6 is 11.3 Å². The van der Waals surface area contributed by atoms with Crippen LogP contribution in [-0.4, -0.2) is 5.78 Å². The number of hydrogen-bond donors (Lipinski definition) is 0. The Balaban J connectivity index is 2.15. The molecule has 0 atom stereocenters. The molecule has 0 aromatic carbocycles. The van der Waals surface area contributed by atoms with Gasteiger partial charge < -0.3 is 4.42 Å². The van der Waals surface area contributed by atoms with Gasteiger partial charge in [0.1, 0.15) is 0 Å². The third-order valence-corrected chi connectivity index (χ3v) is 3.32. The van der Waals surface area contributed by atoms with E-state index in [2.05, 4.69) is 6.92 Å². The first-order valence-corrected chi connectivity index (χ1v) is 5.80. The van der Waals surface area contributed by atoms with Crippen LogP contribution in [0, 0.1) is 0 Å². The largest absolute Gasteiger partial charge is 0.472 e. The zero-order valence-electron chi connectivity index (χ0n) is 8.53. The average molecular weight is 220 g/mol. The summed E-state index contributed by atoms with van der Waals surface area (Å²) in [7, 11) is 0. The zero-order valence-corrected chi connectivity index (χ0v) is 9.34. The normalized spacial score (nSPS) is 10.5. The van der Waals surface area contributed by atoms with E-state index >= 15 is 0 Å². The smallest absolute Gasteiger partial charge is 0.177 e. The maximum atomic E-state index is 11.9. The van der Waals surface area contributed by atoms with Crippen LogP contribution in [0.4, 0.5) is 0 Å².